The molecule has 1 aromatic heterocycles. The van der Waals surface area contributed by atoms with Gasteiger partial charge in [0.1, 0.15) is 30.4 Å². The van der Waals surface area contributed by atoms with Gasteiger partial charge in [-0.15, -0.1) is 0 Å². The van der Waals surface area contributed by atoms with E-state index >= 15 is 0 Å². The molecule has 2 rings (SSSR count). The van der Waals surface area contributed by atoms with Crippen molar-refractivity contribution in [3.05, 3.63) is 66.1 Å². The molecule has 1 amide bonds. The molecule has 0 saturated heterocycles. The summed E-state index contributed by atoms with van der Waals surface area (Å²) in [4.78, 5) is 14.6. The fraction of sp³-hybridized carbons (Fsp3) is 0.409. The average Bonchev–Trinajstić information content (AvgIpc) is 3.26. The third kappa shape index (κ3) is 6.10. The number of benzene rings is 1. The quantitative estimate of drug-likeness (QED) is 0.405. The Bertz CT molecular complexity index is 758. The van der Waals surface area contributed by atoms with E-state index in [0.717, 1.165) is 5.56 Å². The summed E-state index contributed by atoms with van der Waals surface area (Å²) in [5.74, 6) is 1.26. The predicted molar refractivity (Wildman–Crippen MR) is 109 cm³/mol. The van der Waals surface area contributed by atoms with Crippen molar-refractivity contribution in [3.8, 4) is 5.75 Å². The third-order valence-electron chi connectivity index (χ3n) is 4.28. The molecule has 2 atom stereocenters. The Morgan fingerprint density at radius 1 is 1.21 bits per heavy atom. The van der Waals surface area contributed by atoms with Gasteiger partial charge >= 0.3 is 6.09 Å². The van der Waals surface area contributed by atoms with Crippen LogP contribution in [0.5, 0.6) is 5.75 Å². The number of para-hydroxylation sites is 1. The van der Waals surface area contributed by atoms with Crippen molar-refractivity contribution in [2.45, 2.75) is 32.5 Å². The van der Waals surface area contributed by atoms with Gasteiger partial charge in [-0.1, -0.05) is 30.4 Å². The van der Waals surface area contributed by atoms with Crippen LogP contribution in [0.1, 0.15) is 31.2 Å². The smallest absolute Gasteiger partial charge is 0.410 e. The summed E-state index contributed by atoms with van der Waals surface area (Å²) in [6.07, 6.45) is 4.31. The van der Waals surface area contributed by atoms with Gasteiger partial charge in [0.15, 0.2) is 0 Å². The zero-order valence-corrected chi connectivity index (χ0v) is 17.4. The number of ether oxygens (including phenoxy) is 4. The van der Waals surface area contributed by atoms with Crippen molar-refractivity contribution in [1.82, 2.24) is 4.90 Å². The fourth-order valence-electron chi connectivity index (χ4n) is 3.04. The molecule has 7 nitrogen and oxygen atoms in total. The van der Waals surface area contributed by atoms with Gasteiger partial charge in [-0.2, -0.15) is 0 Å². The van der Waals surface area contributed by atoms with Gasteiger partial charge in [-0.3, -0.25) is 4.90 Å². The van der Waals surface area contributed by atoms with E-state index in [1.165, 1.54) is 0 Å². The van der Waals surface area contributed by atoms with E-state index < -0.39 is 18.2 Å². The number of methoxy groups -OCH3 is 2. The lowest BCUT2D eigenvalue weighted by Crippen LogP contribution is -2.41. The number of rotatable bonds is 11. The van der Waals surface area contributed by atoms with E-state index in [-0.39, 0.29) is 19.9 Å². The highest BCUT2D eigenvalue weighted by Crippen LogP contribution is 2.32. The lowest BCUT2D eigenvalue weighted by Gasteiger charge is -2.34. The first-order valence-electron chi connectivity index (χ1n) is 9.48. The van der Waals surface area contributed by atoms with Crippen LogP contribution in [0.3, 0.4) is 0 Å². The number of hydrogen-bond acceptors (Lipinski definition) is 6. The maximum Gasteiger partial charge on any atom is 0.410 e. The maximum atomic E-state index is 13.0. The van der Waals surface area contributed by atoms with Crippen LogP contribution >= 0.6 is 0 Å². The normalized spacial score (nSPS) is 13.2. The van der Waals surface area contributed by atoms with E-state index in [0.29, 0.717) is 11.5 Å². The molecule has 0 aliphatic carbocycles. The van der Waals surface area contributed by atoms with Gasteiger partial charge in [0.2, 0.25) is 0 Å². The highest BCUT2D eigenvalue weighted by molar-refractivity contribution is 5.68. The topological polar surface area (TPSA) is 70.4 Å². The van der Waals surface area contributed by atoms with Gasteiger partial charge in [0.25, 0.3) is 0 Å². The Balaban J connectivity index is 2.49. The van der Waals surface area contributed by atoms with E-state index in [1.807, 2.05) is 49.4 Å². The molecule has 1 aromatic carbocycles. The predicted octanol–water partition coefficient (Wildman–Crippen LogP) is 4.55. The number of carbonyl (C=O) groups is 1. The lowest BCUT2D eigenvalue weighted by atomic mass is 10.0. The molecule has 0 spiro atoms. The summed E-state index contributed by atoms with van der Waals surface area (Å²) in [6.45, 7) is 4.22. The van der Waals surface area contributed by atoms with E-state index in [9.17, 15) is 4.79 Å². The van der Waals surface area contributed by atoms with Crippen LogP contribution in [0.2, 0.25) is 0 Å². The molecule has 0 fully saturated rings. The van der Waals surface area contributed by atoms with Crippen LogP contribution in [0, 0.1) is 0 Å². The first-order chi connectivity index (χ1) is 14.2. The number of nitrogens with zero attached hydrogens (tertiary/aromatic N) is 1. The molecular weight excluding hydrogens is 374 g/mol. The molecule has 29 heavy (non-hydrogen) atoms. The minimum Gasteiger partial charge on any atom is -0.496 e. The number of furan rings is 1. The van der Waals surface area contributed by atoms with Gasteiger partial charge in [-0.05, 0) is 32.0 Å². The Kier molecular flexibility index (Phi) is 9.27. The average molecular weight is 403 g/mol. The van der Waals surface area contributed by atoms with Gasteiger partial charge in [0.05, 0.1) is 26.5 Å². The molecule has 0 radical (unpaired) electrons. The third-order valence-corrected chi connectivity index (χ3v) is 4.28. The van der Waals surface area contributed by atoms with E-state index in [4.69, 9.17) is 23.4 Å². The molecule has 1 heterocycles. The van der Waals surface area contributed by atoms with Crippen molar-refractivity contribution in [2.24, 2.45) is 0 Å². The number of carbonyl (C=O) groups excluding carboxylic acids is 1. The molecule has 2 aromatic rings. The molecule has 7 heteroatoms. The summed E-state index contributed by atoms with van der Waals surface area (Å²) >= 11 is 0. The van der Waals surface area contributed by atoms with E-state index in [1.54, 1.807) is 38.4 Å². The summed E-state index contributed by atoms with van der Waals surface area (Å²) in [5.41, 5.74) is 0.838. The van der Waals surface area contributed by atoms with Crippen molar-refractivity contribution in [3.63, 3.8) is 0 Å². The summed E-state index contributed by atoms with van der Waals surface area (Å²) in [5, 5.41) is 0. The molecule has 0 N–H and O–H groups in total. The fourth-order valence-corrected chi connectivity index (χ4v) is 3.04. The minimum absolute atomic E-state index is 0.0670. The maximum absolute atomic E-state index is 13.0. The lowest BCUT2D eigenvalue weighted by molar-refractivity contribution is -0.0846. The Hall–Kier alpha value is -2.77. The Morgan fingerprint density at radius 2 is 2.00 bits per heavy atom. The summed E-state index contributed by atoms with van der Waals surface area (Å²) in [7, 11) is 3.15. The molecule has 0 saturated carbocycles. The summed E-state index contributed by atoms with van der Waals surface area (Å²) in [6, 6.07) is 10.6. The van der Waals surface area contributed by atoms with Crippen LogP contribution in [0.25, 0.3) is 0 Å². The van der Waals surface area contributed by atoms with Crippen molar-refractivity contribution < 1.29 is 28.2 Å². The zero-order valence-electron chi connectivity index (χ0n) is 17.4. The molecule has 0 aliphatic heterocycles. The van der Waals surface area contributed by atoms with Crippen LogP contribution in [0.15, 0.2) is 59.2 Å². The Labute approximate surface area is 171 Å². The SMILES string of the molecule is C/C=C/[C@H](OCOC)[C@H](c1ccco1)N(Cc1ccccc1OC)C(=O)OCC. The molecular formula is C22H29NO6. The largest absolute Gasteiger partial charge is 0.496 e. The highest BCUT2D eigenvalue weighted by atomic mass is 16.7. The van der Waals surface area contributed by atoms with Crippen LogP contribution in [-0.2, 0) is 20.8 Å². The monoisotopic (exact) mass is 403 g/mol. The zero-order chi connectivity index (χ0) is 21.1. The van der Waals surface area contributed by atoms with Gasteiger partial charge in [-0.25, -0.2) is 4.79 Å². The van der Waals surface area contributed by atoms with Crippen molar-refractivity contribution in [2.75, 3.05) is 27.6 Å². The second kappa shape index (κ2) is 11.9. The molecule has 0 aliphatic rings. The minimum atomic E-state index is -0.569. The first-order valence-corrected chi connectivity index (χ1v) is 9.48. The first kappa shape index (κ1) is 22.5. The highest BCUT2D eigenvalue weighted by Gasteiger charge is 2.35. The van der Waals surface area contributed by atoms with Crippen LogP contribution < -0.4 is 4.74 Å². The van der Waals surface area contributed by atoms with Crippen molar-refractivity contribution >= 4 is 6.09 Å². The molecule has 158 valence electrons. The van der Waals surface area contributed by atoms with Crippen LogP contribution in [-0.4, -0.2) is 44.7 Å². The van der Waals surface area contributed by atoms with Gasteiger partial charge < -0.3 is 23.4 Å². The number of allylic oxidation sites excluding steroid dienone is 1. The second-order valence-corrected chi connectivity index (χ2v) is 6.16. The standard InChI is InChI=1S/C22H29NO6/c1-5-10-19(29-16-25-3)21(20-13-9-14-28-20)23(22(24)27-6-2)15-17-11-7-8-12-18(17)26-4/h5,7-14,19,21H,6,15-16H2,1-4H3/b10-5+/t19-,21+/m0/s1. The van der Waals surface area contributed by atoms with Crippen molar-refractivity contribution in [1.29, 1.82) is 0 Å². The van der Waals surface area contributed by atoms with Gasteiger partial charge in [0, 0.05) is 12.7 Å². The number of hydrogen-bond donors (Lipinski definition) is 0. The Morgan fingerprint density at radius 3 is 2.62 bits per heavy atom. The summed E-state index contributed by atoms with van der Waals surface area (Å²) < 4.78 is 27.4. The number of amides is 1. The van der Waals surface area contributed by atoms with Crippen LogP contribution in [0.4, 0.5) is 4.79 Å². The molecule has 0 unspecified atom stereocenters. The van der Waals surface area contributed by atoms with E-state index in [2.05, 4.69) is 0 Å². The molecule has 0 bridgehead atoms. The second-order valence-electron chi connectivity index (χ2n) is 6.16.